The van der Waals surface area contributed by atoms with Gasteiger partial charge in [0.2, 0.25) is 6.79 Å². The first-order valence-electron chi connectivity index (χ1n) is 8.55. The van der Waals surface area contributed by atoms with E-state index in [2.05, 4.69) is 0 Å². The second-order valence-electron chi connectivity index (χ2n) is 6.22. The standard InChI is InChI=1S/C21H19NO4/c1-2-22(12-14-7-8-19-20(9-14)26-13-25-19)21(24)17-10-15-5-3-4-6-16(15)11-18(17)23/h3-11,23H,2,12-13H2,1H3. The summed E-state index contributed by atoms with van der Waals surface area (Å²) < 4.78 is 10.7. The van der Waals surface area contributed by atoms with Crippen molar-refractivity contribution < 1.29 is 19.4 Å². The van der Waals surface area contributed by atoms with Gasteiger partial charge in [-0.05, 0) is 47.5 Å². The molecule has 0 aromatic heterocycles. The van der Waals surface area contributed by atoms with Crippen molar-refractivity contribution in [1.82, 2.24) is 4.90 Å². The van der Waals surface area contributed by atoms with Crippen LogP contribution in [-0.2, 0) is 6.54 Å². The SMILES string of the molecule is CCN(Cc1ccc2c(c1)OCO2)C(=O)c1cc2ccccc2cc1O. The first-order valence-corrected chi connectivity index (χ1v) is 8.55. The molecule has 0 fully saturated rings. The van der Waals surface area contributed by atoms with E-state index < -0.39 is 0 Å². The molecule has 1 amide bonds. The van der Waals surface area contributed by atoms with Crippen LogP contribution in [0.15, 0.2) is 54.6 Å². The van der Waals surface area contributed by atoms with Crippen molar-refractivity contribution >= 4 is 16.7 Å². The number of fused-ring (bicyclic) bond motifs is 2. The zero-order valence-electron chi connectivity index (χ0n) is 14.4. The molecule has 3 aromatic carbocycles. The van der Waals surface area contributed by atoms with Crippen LogP contribution in [0.1, 0.15) is 22.8 Å². The van der Waals surface area contributed by atoms with E-state index in [-0.39, 0.29) is 18.4 Å². The molecule has 0 saturated heterocycles. The summed E-state index contributed by atoms with van der Waals surface area (Å²) in [5, 5.41) is 12.2. The number of nitrogens with zero attached hydrogens (tertiary/aromatic N) is 1. The lowest BCUT2D eigenvalue weighted by Gasteiger charge is -2.22. The smallest absolute Gasteiger partial charge is 0.257 e. The maximum absolute atomic E-state index is 13.0. The Morgan fingerprint density at radius 1 is 1.04 bits per heavy atom. The number of amides is 1. The molecule has 0 radical (unpaired) electrons. The molecule has 132 valence electrons. The van der Waals surface area contributed by atoms with Gasteiger partial charge in [0.05, 0.1) is 5.56 Å². The number of benzene rings is 3. The summed E-state index contributed by atoms with van der Waals surface area (Å²) in [5.74, 6) is 1.21. The van der Waals surface area contributed by atoms with Crippen molar-refractivity contribution in [3.8, 4) is 17.2 Å². The van der Waals surface area contributed by atoms with Crippen molar-refractivity contribution in [2.24, 2.45) is 0 Å². The number of hydrogen-bond donors (Lipinski definition) is 1. The van der Waals surface area contributed by atoms with Gasteiger partial charge in [0, 0.05) is 13.1 Å². The van der Waals surface area contributed by atoms with E-state index >= 15 is 0 Å². The fourth-order valence-corrected chi connectivity index (χ4v) is 3.16. The Balaban J connectivity index is 1.62. The van der Waals surface area contributed by atoms with Gasteiger partial charge in [0.15, 0.2) is 11.5 Å². The minimum atomic E-state index is -0.201. The van der Waals surface area contributed by atoms with Crippen LogP contribution in [0.3, 0.4) is 0 Å². The Kier molecular flexibility index (Phi) is 4.13. The van der Waals surface area contributed by atoms with Crippen LogP contribution < -0.4 is 9.47 Å². The quantitative estimate of drug-likeness (QED) is 0.775. The highest BCUT2D eigenvalue weighted by atomic mass is 16.7. The van der Waals surface area contributed by atoms with Gasteiger partial charge >= 0.3 is 0 Å². The second-order valence-corrected chi connectivity index (χ2v) is 6.22. The molecule has 0 atom stereocenters. The lowest BCUT2D eigenvalue weighted by molar-refractivity contribution is 0.0749. The largest absolute Gasteiger partial charge is 0.507 e. The third-order valence-electron chi connectivity index (χ3n) is 4.57. The fraction of sp³-hybridized carbons (Fsp3) is 0.190. The van der Waals surface area contributed by atoms with Crippen molar-refractivity contribution in [2.45, 2.75) is 13.5 Å². The lowest BCUT2D eigenvalue weighted by Crippen LogP contribution is -2.30. The van der Waals surface area contributed by atoms with Crippen LogP contribution in [0.2, 0.25) is 0 Å². The number of carbonyl (C=O) groups is 1. The second kappa shape index (κ2) is 6.59. The highest BCUT2D eigenvalue weighted by Gasteiger charge is 2.20. The van der Waals surface area contributed by atoms with Crippen LogP contribution in [0.5, 0.6) is 17.2 Å². The van der Waals surface area contributed by atoms with Crippen molar-refractivity contribution in [3.05, 3.63) is 65.7 Å². The molecule has 1 heterocycles. The monoisotopic (exact) mass is 349 g/mol. The van der Waals surface area contributed by atoms with Gasteiger partial charge in [-0.15, -0.1) is 0 Å². The van der Waals surface area contributed by atoms with Crippen LogP contribution in [0, 0.1) is 0 Å². The summed E-state index contributed by atoms with van der Waals surface area (Å²) in [7, 11) is 0. The van der Waals surface area contributed by atoms with Crippen LogP contribution in [-0.4, -0.2) is 29.3 Å². The molecule has 0 unspecified atom stereocenters. The van der Waals surface area contributed by atoms with Crippen molar-refractivity contribution in [1.29, 1.82) is 0 Å². The molecule has 26 heavy (non-hydrogen) atoms. The van der Waals surface area contributed by atoms with Crippen molar-refractivity contribution in [3.63, 3.8) is 0 Å². The number of hydrogen-bond acceptors (Lipinski definition) is 4. The van der Waals surface area contributed by atoms with E-state index in [9.17, 15) is 9.90 Å². The average Bonchev–Trinajstić information content (AvgIpc) is 3.12. The minimum absolute atomic E-state index is 0.00200. The zero-order chi connectivity index (χ0) is 18.1. The van der Waals surface area contributed by atoms with Gasteiger partial charge in [-0.2, -0.15) is 0 Å². The lowest BCUT2D eigenvalue weighted by atomic mass is 10.0. The average molecular weight is 349 g/mol. The third-order valence-corrected chi connectivity index (χ3v) is 4.57. The van der Waals surface area contributed by atoms with Crippen LogP contribution >= 0.6 is 0 Å². The molecular formula is C21H19NO4. The van der Waals surface area contributed by atoms with E-state index in [1.807, 2.05) is 49.4 Å². The zero-order valence-corrected chi connectivity index (χ0v) is 14.4. The highest BCUT2D eigenvalue weighted by molar-refractivity contribution is 6.01. The number of aromatic hydroxyl groups is 1. The molecule has 1 aliphatic rings. The Morgan fingerprint density at radius 3 is 2.54 bits per heavy atom. The number of phenolic OH excluding ortho intramolecular Hbond substituents is 1. The van der Waals surface area contributed by atoms with E-state index in [0.717, 1.165) is 22.1 Å². The summed E-state index contributed by atoms with van der Waals surface area (Å²) in [6, 6.07) is 16.7. The van der Waals surface area contributed by atoms with Gasteiger partial charge in [-0.25, -0.2) is 0 Å². The first-order chi connectivity index (χ1) is 12.7. The molecule has 0 bridgehead atoms. The molecule has 0 aliphatic carbocycles. The molecule has 0 saturated carbocycles. The number of rotatable bonds is 4. The summed E-state index contributed by atoms with van der Waals surface area (Å²) in [6.45, 7) is 3.10. The van der Waals surface area contributed by atoms with Crippen molar-refractivity contribution in [2.75, 3.05) is 13.3 Å². The van der Waals surface area contributed by atoms with E-state index in [1.54, 1.807) is 17.0 Å². The van der Waals surface area contributed by atoms with E-state index in [0.29, 0.717) is 24.4 Å². The topological polar surface area (TPSA) is 59.0 Å². The predicted octanol–water partition coefficient (Wildman–Crippen LogP) is 3.94. The fourth-order valence-electron chi connectivity index (χ4n) is 3.16. The molecule has 4 rings (SSSR count). The molecule has 3 aromatic rings. The van der Waals surface area contributed by atoms with Gasteiger partial charge in [0.1, 0.15) is 5.75 Å². The van der Waals surface area contributed by atoms with Gasteiger partial charge in [-0.3, -0.25) is 4.79 Å². The third kappa shape index (κ3) is 2.92. The summed E-state index contributed by atoms with van der Waals surface area (Å²) >= 11 is 0. The molecule has 1 N–H and O–H groups in total. The molecule has 5 nitrogen and oxygen atoms in total. The van der Waals surface area contributed by atoms with E-state index in [1.165, 1.54) is 0 Å². The maximum Gasteiger partial charge on any atom is 0.257 e. The number of carbonyl (C=O) groups excluding carboxylic acids is 1. The van der Waals surface area contributed by atoms with Crippen LogP contribution in [0.25, 0.3) is 10.8 Å². The Bertz CT molecular complexity index is 983. The minimum Gasteiger partial charge on any atom is -0.507 e. The molecule has 1 aliphatic heterocycles. The Morgan fingerprint density at radius 2 is 1.77 bits per heavy atom. The number of ether oxygens (including phenoxy) is 2. The normalized spacial score (nSPS) is 12.3. The highest BCUT2D eigenvalue weighted by Crippen LogP contribution is 2.33. The molecular weight excluding hydrogens is 330 g/mol. The first kappa shape index (κ1) is 16.3. The maximum atomic E-state index is 13.0. The predicted molar refractivity (Wildman–Crippen MR) is 98.6 cm³/mol. The summed E-state index contributed by atoms with van der Waals surface area (Å²) in [4.78, 5) is 14.7. The molecule has 0 spiro atoms. The van der Waals surface area contributed by atoms with Crippen LogP contribution in [0.4, 0.5) is 0 Å². The van der Waals surface area contributed by atoms with Gasteiger partial charge in [-0.1, -0.05) is 30.3 Å². The number of phenols is 1. The Labute approximate surface area is 151 Å². The molecule has 5 heteroatoms. The van der Waals surface area contributed by atoms with Gasteiger partial charge in [0.25, 0.3) is 5.91 Å². The summed E-state index contributed by atoms with van der Waals surface area (Å²) in [5.41, 5.74) is 1.26. The Hall–Kier alpha value is -3.21. The van der Waals surface area contributed by atoms with E-state index in [4.69, 9.17) is 9.47 Å². The van der Waals surface area contributed by atoms with Gasteiger partial charge < -0.3 is 19.5 Å². The summed E-state index contributed by atoms with van der Waals surface area (Å²) in [6.07, 6.45) is 0.